The molecule has 0 aliphatic rings. The third-order valence-electron chi connectivity index (χ3n) is 3.72. The summed E-state index contributed by atoms with van der Waals surface area (Å²) in [5.41, 5.74) is 5.62. The van der Waals surface area contributed by atoms with Crippen molar-refractivity contribution < 1.29 is 0 Å². The zero-order valence-corrected chi connectivity index (χ0v) is 12.7. The molecule has 0 spiro atoms. The number of likely N-dealkylation sites (N-methyl/N-ethyl adjacent to an activating group) is 1. The number of aryl methyl sites for hydroxylation is 1. The summed E-state index contributed by atoms with van der Waals surface area (Å²) in [6.07, 6.45) is 4.77. The van der Waals surface area contributed by atoms with Crippen molar-refractivity contribution in [2.45, 2.75) is 32.6 Å². The molecule has 0 unspecified atom stereocenters. The molecule has 2 rings (SSSR count). The lowest BCUT2D eigenvalue weighted by Gasteiger charge is -2.11. The van der Waals surface area contributed by atoms with Gasteiger partial charge in [0.2, 0.25) is 0 Å². The van der Waals surface area contributed by atoms with Crippen LogP contribution in [0.15, 0.2) is 48.5 Å². The maximum absolute atomic E-state index is 3.21. The van der Waals surface area contributed by atoms with E-state index >= 15 is 0 Å². The highest BCUT2D eigenvalue weighted by Gasteiger charge is 2.05. The van der Waals surface area contributed by atoms with Crippen LogP contribution in [0.4, 0.5) is 0 Å². The second kappa shape index (κ2) is 7.86. The molecule has 0 aliphatic carbocycles. The van der Waals surface area contributed by atoms with Crippen LogP contribution in [-0.4, -0.2) is 13.6 Å². The molecule has 0 bridgehead atoms. The van der Waals surface area contributed by atoms with Crippen molar-refractivity contribution in [2.75, 3.05) is 13.6 Å². The lowest BCUT2D eigenvalue weighted by atomic mass is 9.95. The second-order valence-electron chi connectivity index (χ2n) is 5.31. The number of benzene rings is 2. The van der Waals surface area contributed by atoms with Crippen LogP contribution < -0.4 is 5.32 Å². The van der Waals surface area contributed by atoms with Gasteiger partial charge in [0.1, 0.15) is 0 Å². The van der Waals surface area contributed by atoms with Crippen LogP contribution in [0.1, 0.15) is 30.9 Å². The lowest BCUT2D eigenvalue weighted by Crippen LogP contribution is -2.10. The smallest absolute Gasteiger partial charge is 0.00114 e. The standard InChI is InChI=1S/C19H25N/c1-3-4-9-17-10-5-6-12-19(17)18-11-7-8-16(15-18)13-14-20-2/h5-8,10-12,15,20H,3-4,9,13-14H2,1-2H3. The topological polar surface area (TPSA) is 12.0 Å². The molecule has 0 aliphatic heterocycles. The van der Waals surface area contributed by atoms with Crippen LogP contribution in [-0.2, 0) is 12.8 Å². The predicted octanol–water partition coefficient (Wildman–Crippen LogP) is 4.46. The normalized spacial score (nSPS) is 10.7. The Labute approximate surface area is 123 Å². The Balaban J connectivity index is 2.26. The Kier molecular flexibility index (Phi) is 5.82. The van der Waals surface area contributed by atoms with Gasteiger partial charge in [-0.15, -0.1) is 0 Å². The fourth-order valence-electron chi connectivity index (χ4n) is 2.55. The van der Waals surface area contributed by atoms with Gasteiger partial charge in [-0.25, -0.2) is 0 Å². The second-order valence-corrected chi connectivity index (χ2v) is 5.31. The summed E-state index contributed by atoms with van der Waals surface area (Å²) in [5.74, 6) is 0. The van der Waals surface area contributed by atoms with Crippen molar-refractivity contribution in [1.29, 1.82) is 0 Å². The Bertz CT molecular complexity index is 531. The highest BCUT2D eigenvalue weighted by molar-refractivity contribution is 5.68. The first-order chi connectivity index (χ1) is 9.85. The first kappa shape index (κ1) is 14.8. The predicted molar refractivity (Wildman–Crippen MR) is 88.1 cm³/mol. The van der Waals surface area contributed by atoms with Crippen molar-refractivity contribution in [3.63, 3.8) is 0 Å². The first-order valence-corrected chi connectivity index (χ1v) is 7.67. The molecule has 106 valence electrons. The third kappa shape index (κ3) is 3.94. The van der Waals surface area contributed by atoms with Gasteiger partial charge in [0.25, 0.3) is 0 Å². The van der Waals surface area contributed by atoms with Crippen molar-refractivity contribution in [1.82, 2.24) is 5.32 Å². The average Bonchev–Trinajstić information content (AvgIpc) is 2.51. The third-order valence-corrected chi connectivity index (χ3v) is 3.72. The number of rotatable bonds is 7. The van der Waals surface area contributed by atoms with Gasteiger partial charge >= 0.3 is 0 Å². The zero-order chi connectivity index (χ0) is 14.2. The monoisotopic (exact) mass is 267 g/mol. The van der Waals surface area contributed by atoms with Gasteiger partial charge < -0.3 is 5.32 Å². The number of nitrogens with one attached hydrogen (secondary N) is 1. The molecule has 0 atom stereocenters. The molecule has 0 heterocycles. The Morgan fingerprint density at radius 1 is 0.950 bits per heavy atom. The minimum absolute atomic E-state index is 1.03. The Hall–Kier alpha value is -1.60. The molecule has 0 fully saturated rings. The van der Waals surface area contributed by atoms with Gasteiger partial charge in [0, 0.05) is 0 Å². The molecule has 2 aromatic rings. The molecule has 1 heteroatoms. The van der Waals surface area contributed by atoms with Crippen molar-refractivity contribution >= 4 is 0 Å². The van der Waals surface area contributed by atoms with Crippen LogP contribution in [0.25, 0.3) is 11.1 Å². The maximum atomic E-state index is 3.21. The van der Waals surface area contributed by atoms with E-state index in [2.05, 4.69) is 60.8 Å². The summed E-state index contributed by atoms with van der Waals surface area (Å²) in [5, 5.41) is 3.21. The molecule has 0 saturated heterocycles. The van der Waals surface area contributed by atoms with Crippen LogP contribution >= 0.6 is 0 Å². The summed E-state index contributed by atoms with van der Waals surface area (Å²) in [6, 6.07) is 17.8. The van der Waals surface area contributed by atoms with Crippen molar-refractivity contribution in [3.8, 4) is 11.1 Å². The summed E-state index contributed by atoms with van der Waals surface area (Å²) in [6.45, 7) is 3.28. The van der Waals surface area contributed by atoms with E-state index in [0.717, 1.165) is 13.0 Å². The van der Waals surface area contributed by atoms with Gasteiger partial charge in [-0.3, -0.25) is 0 Å². The van der Waals surface area contributed by atoms with E-state index in [0.29, 0.717) is 0 Å². The molecule has 1 N–H and O–H groups in total. The van der Waals surface area contributed by atoms with E-state index in [9.17, 15) is 0 Å². The van der Waals surface area contributed by atoms with E-state index in [1.54, 1.807) is 0 Å². The fourth-order valence-corrected chi connectivity index (χ4v) is 2.55. The fraction of sp³-hybridized carbons (Fsp3) is 0.368. The Morgan fingerprint density at radius 2 is 1.80 bits per heavy atom. The largest absolute Gasteiger partial charge is 0.319 e. The zero-order valence-electron chi connectivity index (χ0n) is 12.7. The van der Waals surface area contributed by atoms with E-state index in [4.69, 9.17) is 0 Å². The quantitative estimate of drug-likeness (QED) is 0.781. The highest BCUT2D eigenvalue weighted by Crippen LogP contribution is 2.26. The molecule has 1 nitrogen and oxygen atoms in total. The summed E-state index contributed by atoms with van der Waals surface area (Å²) in [7, 11) is 2.00. The van der Waals surface area contributed by atoms with Gasteiger partial charge in [0.05, 0.1) is 0 Å². The van der Waals surface area contributed by atoms with Crippen LogP contribution in [0.3, 0.4) is 0 Å². The summed E-state index contributed by atoms with van der Waals surface area (Å²) in [4.78, 5) is 0. The summed E-state index contributed by atoms with van der Waals surface area (Å²) >= 11 is 0. The average molecular weight is 267 g/mol. The van der Waals surface area contributed by atoms with Crippen LogP contribution in [0, 0.1) is 0 Å². The highest BCUT2D eigenvalue weighted by atomic mass is 14.8. The minimum Gasteiger partial charge on any atom is -0.319 e. The Morgan fingerprint density at radius 3 is 2.60 bits per heavy atom. The molecule has 0 aromatic heterocycles. The molecule has 0 saturated carbocycles. The molecule has 0 amide bonds. The van der Waals surface area contributed by atoms with Gasteiger partial charge in [0.15, 0.2) is 0 Å². The SMILES string of the molecule is CCCCc1ccccc1-c1cccc(CCNC)c1. The van der Waals surface area contributed by atoms with E-state index in [1.165, 1.54) is 41.5 Å². The molecular weight excluding hydrogens is 242 g/mol. The van der Waals surface area contributed by atoms with Crippen molar-refractivity contribution in [2.24, 2.45) is 0 Å². The first-order valence-electron chi connectivity index (χ1n) is 7.67. The lowest BCUT2D eigenvalue weighted by molar-refractivity contribution is 0.791. The number of unbranched alkanes of at least 4 members (excludes halogenated alkanes) is 1. The molecule has 2 aromatic carbocycles. The van der Waals surface area contributed by atoms with Crippen LogP contribution in [0.2, 0.25) is 0 Å². The molecule has 0 radical (unpaired) electrons. The molecule has 20 heavy (non-hydrogen) atoms. The van der Waals surface area contributed by atoms with E-state index in [1.807, 2.05) is 7.05 Å². The minimum atomic E-state index is 1.03. The summed E-state index contributed by atoms with van der Waals surface area (Å²) < 4.78 is 0. The number of hydrogen-bond acceptors (Lipinski definition) is 1. The van der Waals surface area contributed by atoms with E-state index < -0.39 is 0 Å². The molecular formula is C19H25N. The van der Waals surface area contributed by atoms with E-state index in [-0.39, 0.29) is 0 Å². The van der Waals surface area contributed by atoms with Crippen molar-refractivity contribution in [3.05, 3.63) is 59.7 Å². The maximum Gasteiger partial charge on any atom is -0.00114 e. The van der Waals surface area contributed by atoms with Gasteiger partial charge in [-0.2, -0.15) is 0 Å². The van der Waals surface area contributed by atoms with Crippen LogP contribution in [0.5, 0.6) is 0 Å². The van der Waals surface area contributed by atoms with Gasteiger partial charge in [-0.05, 0) is 55.1 Å². The number of hydrogen-bond donors (Lipinski definition) is 1. The van der Waals surface area contributed by atoms with Gasteiger partial charge in [-0.1, -0.05) is 61.9 Å².